The SMILES string of the molecule is CNC(=O)C(=O)Nc1cccc(C)n1. The van der Waals surface area contributed by atoms with Crippen molar-refractivity contribution in [3.8, 4) is 0 Å². The maximum atomic E-state index is 11.1. The lowest BCUT2D eigenvalue weighted by Crippen LogP contribution is -2.32. The van der Waals surface area contributed by atoms with Crippen LogP contribution >= 0.6 is 0 Å². The van der Waals surface area contributed by atoms with Crippen LogP contribution in [0.4, 0.5) is 5.82 Å². The molecule has 0 fully saturated rings. The van der Waals surface area contributed by atoms with Crippen LogP contribution in [0.1, 0.15) is 5.69 Å². The van der Waals surface area contributed by atoms with E-state index < -0.39 is 11.8 Å². The molecule has 1 aromatic heterocycles. The third-order valence-corrected chi connectivity index (χ3v) is 1.56. The molecule has 0 saturated carbocycles. The minimum atomic E-state index is -0.717. The summed E-state index contributed by atoms with van der Waals surface area (Å²) in [6.07, 6.45) is 0. The molecule has 0 bridgehead atoms. The molecule has 1 aromatic rings. The van der Waals surface area contributed by atoms with Crippen LogP contribution in [0.3, 0.4) is 0 Å². The highest BCUT2D eigenvalue weighted by atomic mass is 16.2. The first-order valence-corrected chi connectivity index (χ1v) is 4.10. The first-order chi connectivity index (χ1) is 6.63. The van der Waals surface area contributed by atoms with Gasteiger partial charge in [0.05, 0.1) is 0 Å². The minimum Gasteiger partial charge on any atom is -0.351 e. The Bertz CT molecular complexity index is 363. The summed E-state index contributed by atoms with van der Waals surface area (Å²) in [5.74, 6) is -1.03. The number of carbonyl (C=O) groups excluding carboxylic acids is 2. The summed E-state index contributed by atoms with van der Waals surface area (Å²) in [6.45, 7) is 1.80. The number of likely N-dealkylation sites (N-methyl/N-ethyl adjacent to an activating group) is 1. The lowest BCUT2D eigenvalue weighted by Gasteiger charge is -2.03. The van der Waals surface area contributed by atoms with Crippen LogP contribution in [-0.4, -0.2) is 23.8 Å². The number of hydrogen-bond acceptors (Lipinski definition) is 3. The molecule has 0 aliphatic rings. The summed E-state index contributed by atoms with van der Waals surface area (Å²) in [5, 5.41) is 4.59. The minimum absolute atomic E-state index is 0.374. The van der Waals surface area contributed by atoms with E-state index in [1.807, 2.05) is 0 Å². The third-order valence-electron chi connectivity index (χ3n) is 1.56. The number of hydrogen-bond donors (Lipinski definition) is 2. The van der Waals surface area contributed by atoms with E-state index in [2.05, 4.69) is 15.6 Å². The molecule has 2 amide bonds. The zero-order valence-corrected chi connectivity index (χ0v) is 8.00. The van der Waals surface area contributed by atoms with E-state index in [0.29, 0.717) is 5.82 Å². The average Bonchev–Trinajstić information content (AvgIpc) is 2.16. The number of carbonyl (C=O) groups is 2. The van der Waals surface area contributed by atoms with Crippen molar-refractivity contribution in [2.45, 2.75) is 6.92 Å². The predicted octanol–water partition coefficient (Wildman–Crippen LogP) is 0.0745. The zero-order chi connectivity index (χ0) is 10.6. The topological polar surface area (TPSA) is 71.1 Å². The Morgan fingerprint density at radius 3 is 2.57 bits per heavy atom. The van der Waals surface area contributed by atoms with Crippen molar-refractivity contribution >= 4 is 17.6 Å². The maximum absolute atomic E-state index is 11.1. The molecule has 0 spiro atoms. The van der Waals surface area contributed by atoms with Gasteiger partial charge in [0, 0.05) is 12.7 Å². The molecular formula is C9H11N3O2. The summed E-state index contributed by atoms with van der Waals surface area (Å²) in [7, 11) is 1.39. The Kier molecular flexibility index (Phi) is 3.17. The molecule has 2 N–H and O–H groups in total. The second-order valence-electron chi connectivity index (χ2n) is 2.70. The van der Waals surface area contributed by atoms with Gasteiger partial charge in [0.1, 0.15) is 5.82 Å². The van der Waals surface area contributed by atoms with E-state index in [1.54, 1.807) is 25.1 Å². The second-order valence-corrected chi connectivity index (χ2v) is 2.70. The number of nitrogens with zero attached hydrogens (tertiary/aromatic N) is 1. The maximum Gasteiger partial charge on any atom is 0.314 e. The van der Waals surface area contributed by atoms with Gasteiger partial charge < -0.3 is 10.6 Å². The Hall–Kier alpha value is -1.91. The first kappa shape index (κ1) is 10.2. The summed E-state index contributed by atoms with van der Waals surface area (Å²) >= 11 is 0. The highest BCUT2D eigenvalue weighted by Crippen LogP contribution is 2.02. The molecule has 0 atom stereocenters. The van der Waals surface area contributed by atoms with Gasteiger partial charge in [-0.1, -0.05) is 6.07 Å². The molecule has 5 nitrogen and oxygen atoms in total. The fourth-order valence-electron chi connectivity index (χ4n) is 0.899. The van der Waals surface area contributed by atoms with Crippen molar-refractivity contribution in [1.82, 2.24) is 10.3 Å². The van der Waals surface area contributed by atoms with E-state index >= 15 is 0 Å². The smallest absolute Gasteiger partial charge is 0.314 e. The Labute approximate surface area is 81.5 Å². The molecule has 1 heterocycles. The van der Waals surface area contributed by atoms with E-state index in [0.717, 1.165) is 5.69 Å². The first-order valence-electron chi connectivity index (χ1n) is 4.10. The van der Waals surface area contributed by atoms with Crippen molar-refractivity contribution in [2.75, 3.05) is 12.4 Å². The largest absolute Gasteiger partial charge is 0.351 e. The monoisotopic (exact) mass is 193 g/mol. The lowest BCUT2D eigenvalue weighted by molar-refractivity contribution is -0.135. The quantitative estimate of drug-likeness (QED) is 0.620. The molecule has 0 unspecified atom stereocenters. The average molecular weight is 193 g/mol. The Morgan fingerprint density at radius 1 is 1.29 bits per heavy atom. The molecule has 0 aromatic carbocycles. The van der Waals surface area contributed by atoms with Crippen LogP contribution in [0.25, 0.3) is 0 Å². The van der Waals surface area contributed by atoms with Crippen LogP contribution in [0, 0.1) is 6.92 Å². The van der Waals surface area contributed by atoms with Gasteiger partial charge in [0.25, 0.3) is 0 Å². The molecule has 0 saturated heterocycles. The van der Waals surface area contributed by atoms with Crippen molar-refractivity contribution in [3.63, 3.8) is 0 Å². The summed E-state index contributed by atoms with van der Waals surface area (Å²) in [5.41, 5.74) is 0.778. The molecule has 0 aliphatic carbocycles. The summed E-state index contributed by atoms with van der Waals surface area (Å²) < 4.78 is 0. The summed E-state index contributed by atoms with van der Waals surface area (Å²) in [4.78, 5) is 26.0. The predicted molar refractivity (Wildman–Crippen MR) is 51.7 cm³/mol. The molecular weight excluding hydrogens is 182 g/mol. The van der Waals surface area contributed by atoms with Gasteiger partial charge in [-0.3, -0.25) is 9.59 Å². The number of aromatic nitrogens is 1. The highest BCUT2D eigenvalue weighted by Gasteiger charge is 2.11. The Balaban J connectivity index is 2.70. The molecule has 0 aliphatic heterocycles. The normalized spacial score (nSPS) is 9.29. The van der Waals surface area contributed by atoms with Gasteiger partial charge in [-0.05, 0) is 19.1 Å². The summed E-state index contributed by atoms with van der Waals surface area (Å²) in [6, 6.07) is 5.17. The van der Waals surface area contributed by atoms with Crippen LogP contribution in [0.5, 0.6) is 0 Å². The van der Waals surface area contributed by atoms with Gasteiger partial charge in [-0.15, -0.1) is 0 Å². The van der Waals surface area contributed by atoms with E-state index in [9.17, 15) is 9.59 Å². The molecule has 0 radical (unpaired) electrons. The fourth-order valence-corrected chi connectivity index (χ4v) is 0.899. The zero-order valence-electron chi connectivity index (χ0n) is 8.00. The molecule has 1 rings (SSSR count). The van der Waals surface area contributed by atoms with Crippen molar-refractivity contribution in [3.05, 3.63) is 23.9 Å². The second kappa shape index (κ2) is 4.36. The molecule has 74 valence electrons. The molecule has 5 heteroatoms. The van der Waals surface area contributed by atoms with E-state index in [-0.39, 0.29) is 0 Å². The van der Waals surface area contributed by atoms with Gasteiger partial charge >= 0.3 is 11.8 Å². The van der Waals surface area contributed by atoms with Crippen LogP contribution in [-0.2, 0) is 9.59 Å². The Morgan fingerprint density at radius 2 is 2.00 bits per heavy atom. The van der Waals surface area contributed by atoms with Crippen LogP contribution in [0.2, 0.25) is 0 Å². The van der Waals surface area contributed by atoms with E-state index in [1.165, 1.54) is 7.05 Å². The number of aryl methyl sites for hydroxylation is 1. The van der Waals surface area contributed by atoms with Crippen LogP contribution < -0.4 is 10.6 Å². The van der Waals surface area contributed by atoms with Gasteiger partial charge in [-0.2, -0.15) is 0 Å². The number of anilines is 1. The number of nitrogens with one attached hydrogen (secondary N) is 2. The van der Waals surface area contributed by atoms with Gasteiger partial charge in [-0.25, -0.2) is 4.98 Å². The lowest BCUT2D eigenvalue weighted by atomic mass is 10.3. The van der Waals surface area contributed by atoms with Crippen molar-refractivity contribution < 1.29 is 9.59 Å². The van der Waals surface area contributed by atoms with Gasteiger partial charge in [0.2, 0.25) is 0 Å². The number of rotatable bonds is 1. The van der Waals surface area contributed by atoms with Gasteiger partial charge in [0.15, 0.2) is 0 Å². The number of amides is 2. The van der Waals surface area contributed by atoms with Crippen molar-refractivity contribution in [1.29, 1.82) is 0 Å². The highest BCUT2D eigenvalue weighted by molar-refractivity contribution is 6.39. The van der Waals surface area contributed by atoms with Crippen LogP contribution in [0.15, 0.2) is 18.2 Å². The van der Waals surface area contributed by atoms with E-state index in [4.69, 9.17) is 0 Å². The third kappa shape index (κ3) is 2.55. The number of pyridine rings is 1. The fraction of sp³-hybridized carbons (Fsp3) is 0.222. The standard InChI is InChI=1S/C9H11N3O2/c1-6-4-3-5-7(11-6)12-9(14)8(13)10-2/h3-5H,1-2H3,(H,10,13)(H,11,12,14). The van der Waals surface area contributed by atoms with Crippen molar-refractivity contribution in [2.24, 2.45) is 0 Å². The molecule has 14 heavy (non-hydrogen) atoms.